The summed E-state index contributed by atoms with van der Waals surface area (Å²) < 4.78 is 4.64. The summed E-state index contributed by atoms with van der Waals surface area (Å²) in [5, 5.41) is 3.86. The van der Waals surface area contributed by atoms with E-state index >= 15 is 0 Å². The summed E-state index contributed by atoms with van der Waals surface area (Å²) in [4.78, 5) is 41.3. The molecule has 0 atom stereocenters. The molecule has 1 aromatic carbocycles. The average molecular weight is 375 g/mol. The van der Waals surface area contributed by atoms with Gasteiger partial charge in [-0.3, -0.25) is 14.9 Å². The van der Waals surface area contributed by atoms with Gasteiger partial charge in [0.25, 0.3) is 0 Å². The van der Waals surface area contributed by atoms with E-state index in [1.807, 2.05) is 36.4 Å². The third-order valence-corrected chi connectivity index (χ3v) is 4.42. The van der Waals surface area contributed by atoms with Crippen LogP contribution in [0.15, 0.2) is 41.4 Å². The highest BCUT2D eigenvalue weighted by Gasteiger charge is 2.18. The number of imide groups is 1. The van der Waals surface area contributed by atoms with Crippen LogP contribution in [0.2, 0.25) is 0 Å². The van der Waals surface area contributed by atoms with E-state index in [0.29, 0.717) is 6.54 Å². The van der Waals surface area contributed by atoms with Gasteiger partial charge in [-0.1, -0.05) is 36.0 Å². The SMILES string of the molecule is CCOC(=O)NC(=O)CN(CC)C(=O)CSc1ccc2ccccc2n1. The fourth-order valence-corrected chi connectivity index (χ4v) is 3.01. The second-order valence-corrected chi connectivity index (χ2v) is 6.30. The molecule has 0 saturated heterocycles. The van der Waals surface area contributed by atoms with E-state index in [4.69, 9.17) is 0 Å². The number of carbonyl (C=O) groups excluding carboxylic acids is 3. The van der Waals surface area contributed by atoms with Gasteiger partial charge in [0, 0.05) is 11.9 Å². The normalized spacial score (nSPS) is 10.4. The molecule has 0 fully saturated rings. The van der Waals surface area contributed by atoms with E-state index in [9.17, 15) is 14.4 Å². The number of aromatic nitrogens is 1. The number of hydrogen-bond donors (Lipinski definition) is 1. The summed E-state index contributed by atoms with van der Waals surface area (Å²) >= 11 is 1.31. The van der Waals surface area contributed by atoms with Crippen molar-refractivity contribution in [1.29, 1.82) is 0 Å². The minimum Gasteiger partial charge on any atom is -0.450 e. The van der Waals surface area contributed by atoms with Crippen molar-refractivity contribution < 1.29 is 19.1 Å². The molecule has 1 N–H and O–H groups in total. The smallest absolute Gasteiger partial charge is 0.413 e. The standard InChI is InChI=1S/C18H21N3O4S/c1-3-21(11-15(22)20-18(24)25-4-2)17(23)12-26-16-10-9-13-7-5-6-8-14(13)19-16/h5-10H,3-4,11-12H2,1-2H3,(H,20,22,24). The minimum absolute atomic E-state index is 0.159. The van der Waals surface area contributed by atoms with Crippen LogP contribution in [0.3, 0.4) is 0 Å². The number of carbonyl (C=O) groups is 3. The maximum Gasteiger partial charge on any atom is 0.413 e. The molecule has 1 aromatic heterocycles. The molecule has 138 valence electrons. The molecule has 1 heterocycles. The summed E-state index contributed by atoms with van der Waals surface area (Å²) in [6.45, 7) is 3.75. The number of nitrogens with zero attached hydrogens (tertiary/aromatic N) is 2. The Kier molecular flexibility index (Phi) is 7.40. The molecular weight excluding hydrogens is 354 g/mol. The van der Waals surface area contributed by atoms with Crippen LogP contribution >= 0.6 is 11.8 Å². The third-order valence-electron chi connectivity index (χ3n) is 3.50. The highest BCUT2D eigenvalue weighted by molar-refractivity contribution is 7.99. The molecule has 0 aliphatic carbocycles. The van der Waals surface area contributed by atoms with Gasteiger partial charge in [0.2, 0.25) is 11.8 Å². The largest absolute Gasteiger partial charge is 0.450 e. The van der Waals surface area contributed by atoms with E-state index in [2.05, 4.69) is 15.0 Å². The first-order chi connectivity index (χ1) is 12.5. The van der Waals surface area contributed by atoms with E-state index in [-0.39, 0.29) is 24.8 Å². The maximum absolute atomic E-state index is 12.3. The number of pyridine rings is 1. The van der Waals surface area contributed by atoms with Crippen LogP contribution in [0.1, 0.15) is 13.8 Å². The van der Waals surface area contributed by atoms with Crippen LogP contribution in [0.25, 0.3) is 10.9 Å². The van der Waals surface area contributed by atoms with Gasteiger partial charge in [-0.15, -0.1) is 0 Å². The van der Waals surface area contributed by atoms with Crippen molar-refractivity contribution >= 4 is 40.6 Å². The van der Waals surface area contributed by atoms with E-state index in [1.165, 1.54) is 16.7 Å². The molecule has 0 bridgehead atoms. The van der Waals surface area contributed by atoms with E-state index in [0.717, 1.165) is 15.9 Å². The Labute approximate surface area is 156 Å². The van der Waals surface area contributed by atoms with E-state index in [1.54, 1.807) is 13.8 Å². The molecule has 3 amide bonds. The van der Waals surface area contributed by atoms with Gasteiger partial charge in [-0.05, 0) is 26.0 Å². The highest BCUT2D eigenvalue weighted by Crippen LogP contribution is 2.20. The van der Waals surface area contributed by atoms with Crippen LogP contribution in [-0.4, -0.2) is 53.2 Å². The van der Waals surface area contributed by atoms with Crippen molar-refractivity contribution in [3.63, 3.8) is 0 Å². The first-order valence-electron chi connectivity index (χ1n) is 8.26. The zero-order chi connectivity index (χ0) is 18.9. The monoisotopic (exact) mass is 375 g/mol. The van der Waals surface area contributed by atoms with Crippen LogP contribution < -0.4 is 5.32 Å². The number of amides is 3. The molecule has 2 aromatic rings. The number of likely N-dealkylation sites (N-methyl/N-ethyl adjacent to an activating group) is 1. The lowest BCUT2D eigenvalue weighted by Crippen LogP contribution is -2.43. The highest BCUT2D eigenvalue weighted by atomic mass is 32.2. The summed E-state index contributed by atoms with van der Waals surface area (Å²) in [6, 6.07) is 11.6. The van der Waals surface area contributed by atoms with Crippen molar-refractivity contribution in [3.05, 3.63) is 36.4 Å². The van der Waals surface area contributed by atoms with Crippen molar-refractivity contribution in [1.82, 2.24) is 15.2 Å². The number of thioether (sulfide) groups is 1. The molecule has 8 heteroatoms. The van der Waals surface area contributed by atoms with Crippen LogP contribution in [0, 0.1) is 0 Å². The van der Waals surface area contributed by atoms with Crippen LogP contribution in [0.5, 0.6) is 0 Å². The lowest BCUT2D eigenvalue weighted by Gasteiger charge is -2.19. The zero-order valence-corrected chi connectivity index (χ0v) is 15.5. The first kappa shape index (κ1) is 19.7. The number of nitrogens with one attached hydrogen (secondary N) is 1. The Morgan fingerprint density at radius 1 is 1.15 bits per heavy atom. The van der Waals surface area contributed by atoms with E-state index < -0.39 is 12.0 Å². The Balaban J connectivity index is 1.89. The maximum atomic E-state index is 12.3. The first-order valence-corrected chi connectivity index (χ1v) is 9.25. The molecule has 0 unspecified atom stereocenters. The molecule has 0 spiro atoms. The summed E-state index contributed by atoms with van der Waals surface area (Å²) in [6.07, 6.45) is -0.809. The molecule has 0 saturated carbocycles. The van der Waals surface area contributed by atoms with Gasteiger partial charge in [0.1, 0.15) is 6.54 Å². The molecule has 2 rings (SSSR count). The van der Waals surface area contributed by atoms with Gasteiger partial charge in [-0.25, -0.2) is 9.78 Å². The molecule has 0 radical (unpaired) electrons. The van der Waals surface area contributed by atoms with Crippen LogP contribution in [-0.2, 0) is 14.3 Å². The van der Waals surface area contributed by atoms with Crippen molar-refractivity contribution in [2.45, 2.75) is 18.9 Å². The van der Waals surface area contributed by atoms with Crippen molar-refractivity contribution in [2.24, 2.45) is 0 Å². The second kappa shape index (κ2) is 9.76. The number of alkyl carbamates (subject to hydrolysis) is 1. The topological polar surface area (TPSA) is 88.6 Å². The Morgan fingerprint density at radius 2 is 1.92 bits per heavy atom. The molecular formula is C18H21N3O4S. The average Bonchev–Trinajstić information content (AvgIpc) is 2.64. The zero-order valence-electron chi connectivity index (χ0n) is 14.7. The lowest BCUT2D eigenvalue weighted by atomic mass is 10.2. The molecule has 0 aliphatic heterocycles. The van der Waals surface area contributed by atoms with Gasteiger partial charge < -0.3 is 9.64 Å². The number of benzene rings is 1. The predicted molar refractivity (Wildman–Crippen MR) is 99.9 cm³/mol. The summed E-state index contributed by atoms with van der Waals surface area (Å²) in [5.74, 6) is -0.620. The number of ether oxygens (including phenoxy) is 1. The Hall–Kier alpha value is -2.61. The fourth-order valence-electron chi connectivity index (χ4n) is 2.22. The van der Waals surface area contributed by atoms with Gasteiger partial charge in [0.15, 0.2) is 0 Å². The fraction of sp³-hybridized carbons (Fsp3) is 0.333. The Bertz CT molecular complexity index is 797. The van der Waals surface area contributed by atoms with Gasteiger partial charge in [-0.2, -0.15) is 0 Å². The summed E-state index contributed by atoms with van der Waals surface area (Å²) in [7, 11) is 0. The predicted octanol–water partition coefficient (Wildman–Crippen LogP) is 2.45. The molecule has 26 heavy (non-hydrogen) atoms. The number of hydrogen-bond acceptors (Lipinski definition) is 6. The number of rotatable bonds is 7. The quantitative estimate of drug-likeness (QED) is 0.748. The van der Waals surface area contributed by atoms with Crippen LogP contribution in [0.4, 0.5) is 4.79 Å². The Morgan fingerprint density at radius 3 is 2.65 bits per heavy atom. The summed E-state index contributed by atoms with van der Waals surface area (Å²) in [5.41, 5.74) is 0.867. The van der Waals surface area contributed by atoms with Gasteiger partial charge in [0.05, 0.1) is 22.9 Å². The van der Waals surface area contributed by atoms with Crippen molar-refractivity contribution in [3.8, 4) is 0 Å². The lowest BCUT2D eigenvalue weighted by molar-refractivity contribution is -0.133. The molecule has 0 aliphatic rings. The number of para-hydroxylation sites is 1. The third kappa shape index (κ3) is 5.73. The minimum atomic E-state index is -0.809. The number of fused-ring (bicyclic) bond motifs is 1. The second-order valence-electron chi connectivity index (χ2n) is 5.31. The van der Waals surface area contributed by atoms with Gasteiger partial charge >= 0.3 is 6.09 Å². The molecule has 7 nitrogen and oxygen atoms in total. The van der Waals surface area contributed by atoms with Crippen molar-refractivity contribution in [2.75, 3.05) is 25.4 Å².